The predicted molar refractivity (Wildman–Crippen MR) is 74.6 cm³/mol. The molecule has 1 amide bonds. The molecule has 20 heavy (non-hydrogen) atoms. The zero-order valence-electron chi connectivity index (χ0n) is 11.4. The second-order valence-corrected chi connectivity index (χ2v) is 5.07. The summed E-state index contributed by atoms with van der Waals surface area (Å²) in [7, 11) is 0. The Hall–Kier alpha value is -2.30. The van der Waals surface area contributed by atoms with E-state index in [2.05, 4.69) is 5.32 Å². The summed E-state index contributed by atoms with van der Waals surface area (Å²) in [6.45, 7) is 3.74. The van der Waals surface area contributed by atoms with Crippen molar-refractivity contribution in [2.45, 2.75) is 26.3 Å². The third kappa shape index (κ3) is 3.17. The van der Waals surface area contributed by atoms with Crippen molar-refractivity contribution in [1.29, 1.82) is 0 Å². The van der Waals surface area contributed by atoms with Gasteiger partial charge >= 0.3 is 5.97 Å². The number of carboxylic acids is 1. The van der Waals surface area contributed by atoms with E-state index in [1.54, 1.807) is 12.1 Å². The van der Waals surface area contributed by atoms with Crippen LogP contribution in [-0.2, 0) is 4.79 Å². The number of hydrogen-bond acceptors (Lipinski definition) is 3. The van der Waals surface area contributed by atoms with Crippen molar-refractivity contribution in [2.75, 3.05) is 0 Å². The summed E-state index contributed by atoms with van der Waals surface area (Å²) < 4.78 is 5.46. The molecular formula is C15H17NO4. The van der Waals surface area contributed by atoms with Gasteiger partial charge in [-0.1, -0.05) is 32.0 Å². The summed E-state index contributed by atoms with van der Waals surface area (Å²) in [6.07, 6.45) is -0.108. The highest BCUT2D eigenvalue weighted by molar-refractivity contribution is 5.96. The third-order valence-electron chi connectivity index (χ3n) is 3.17. The third-order valence-corrected chi connectivity index (χ3v) is 3.17. The molecular weight excluding hydrogens is 258 g/mol. The van der Waals surface area contributed by atoms with Crippen molar-refractivity contribution in [1.82, 2.24) is 5.32 Å². The normalized spacial score (nSPS) is 12.6. The van der Waals surface area contributed by atoms with Gasteiger partial charge in [0.25, 0.3) is 5.91 Å². The summed E-state index contributed by atoms with van der Waals surface area (Å²) in [4.78, 5) is 22.9. The van der Waals surface area contributed by atoms with Crippen molar-refractivity contribution in [2.24, 2.45) is 5.92 Å². The number of nitrogens with one attached hydrogen (secondary N) is 1. The smallest absolute Gasteiger partial charge is 0.305 e. The first-order valence-electron chi connectivity index (χ1n) is 6.48. The summed E-state index contributed by atoms with van der Waals surface area (Å²) in [5, 5.41) is 12.4. The standard InChI is InChI=1S/C15H17NO4/c1-9(2)11(8-14(17)18)16-15(19)13-7-10-5-3-4-6-12(10)20-13/h3-7,9,11H,8H2,1-2H3,(H,16,19)(H,17,18). The van der Waals surface area contributed by atoms with Gasteiger partial charge in [0, 0.05) is 11.4 Å². The first kappa shape index (κ1) is 14.1. The lowest BCUT2D eigenvalue weighted by Gasteiger charge is -2.19. The van der Waals surface area contributed by atoms with Crippen molar-refractivity contribution in [3.8, 4) is 0 Å². The predicted octanol–water partition coefficient (Wildman–Crippen LogP) is 2.66. The Kier molecular flexibility index (Phi) is 4.08. The van der Waals surface area contributed by atoms with E-state index < -0.39 is 12.0 Å². The topological polar surface area (TPSA) is 79.5 Å². The number of carbonyl (C=O) groups is 2. The van der Waals surface area contributed by atoms with E-state index in [4.69, 9.17) is 9.52 Å². The molecule has 5 heteroatoms. The molecule has 0 fully saturated rings. The molecule has 1 unspecified atom stereocenters. The van der Waals surface area contributed by atoms with E-state index in [1.165, 1.54) is 0 Å². The molecule has 1 heterocycles. The molecule has 1 atom stereocenters. The van der Waals surface area contributed by atoms with Gasteiger partial charge in [0.05, 0.1) is 6.42 Å². The Morgan fingerprint density at radius 2 is 2.00 bits per heavy atom. The van der Waals surface area contributed by atoms with Gasteiger partial charge in [-0.2, -0.15) is 0 Å². The minimum atomic E-state index is -0.936. The number of carboxylic acid groups (broad SMARTS) is 1. The minimum Gasteiger partial charge on any atom is -0.481 e. The van der Waals surface area contributed by atoms with Crippen LogP contribution < -0.4 is 5.32 Å². The van der Waals surface area contributed by atoms with Gasteiger partial charge in [0.2, 0.25) is 0 Å². The summed E-state index contributed by atoms with van der Waals surface area (Å²) in [5.74, 6) is -1.10. The van der Waals surface area contributed by atoms with Gasteiger partial charge in [-0.3, -0.25) is 9.59 Å². The Morgan fingerprint density at radius 1 is 1.30 bits per heavy atom. The van der Waals surface area contributed by atoms with Crippen LogP contribution >= 0.6 is 0 Å². The second kappa shape index (κ2) is 5.77. The van der Waals surface area contributed by atoms with E-state index in [9.17, 15) is 9.59 Å². The van der Waals surface area contributed by atoms with Crippen LogP contribution in [0.3, 0.4) is 0 Å². The van der Waals surface area contributed by atoms with Crippen molar-refractivity contribution in [3.05, 3.63) is 36.1 Å². The zero-order chi connectivity index (χ0) is 14.7. The van der Waals surface area contributed by atoms with Crippen LogP contribution in [0.1, 0.15) is 30.8 Å². The van der Waals surface area contributed by atoms with E-state index in [0.29, 0.717) is 5.58 Å². The van der Waals surface area contributed by atoms with Gasteiger partial charge in [0.15, 0.2) is 5.76 Å². The number of para-hydroxylation sites is 1. The quantitative estimate of drug-likeness (QED) is 0.879. The number of aliphatic carboxylic acids is 1. The fourth-order valence-electron chi connectivity index (χ4n) is 1.97. The van der Waals surface area contributed by atoms with Crippen LogP contribution in [0, 0.1) is 5.92 Å². The van der Waals surface area contributed by atoms with Crippen LogP contribution in [0.25, 0.3) is 11.0 Å². The molecule has 1 aromatic heterocycles. The number of benzene rings is 1. The van der Waals surface area contributed by atoms with Gasteiger partial charge in [-0.05, 0) is 18.1 Å². The molecule has 2 aromatic rings. The van der Waals surface area contributed by atoms with Crippen molar-refractivity contribution >= 4 is 22.8 Å². The lowest BCUT2D eigenvalue weighted by Crippen LogP contribution is -2.39. The molecule has 0 saturated carbocycles. The molecule has 0 aliphatic heterocycles. The largest absolute Gasteiger partial charge is 0.481 e. The van der Waals surface area contributed by atoms with Gasteiger partial charge in [0.1, 0.15) is 5.58 Å². The zero-order valence-corrected chi connectivity index (χ0v) is 11.4. The maximum absolute atomic E-state index is 12.1. The molecule has 2 N–H and O–H groups in total. The summed E-state index contributed by atoms with van der Waals surface area (Å²) in [6, 6.07) is 8.56. The average molecular weight is 275 g/mol. The number of hydrogen-bond donors (Lipinski definition) is 2. The van der Waals surface area contributed by atoms with Crippen molar-refractivity contribution < 1.29 is 19.1 Å². The highest BCUT2D eigenvalue weighted by Crippen LogP contribution is 2.19. The van der Waals surface area contributed by atoms with Gasteiger partial charge in [-0.15, -0.1) is 0 Å². The van der Waals surface area contributed by atoms with E-state index >= 15 is 0 Å². The maximum Gasteiger partial charge on any atom is 0.305 e. The minimum absolute atomic E-state index is 0.0272. The lowest BCUT2D eigenvalue weighted by molar-refractivity contribution is -0.137. The summed E-state index contributed by atoms with van der Waals surface area (Å²) in [5.41, 5.74) is 0.636. The molecule has 106 valence electrons. The molecule has 0 spiro atoms. The Balaban J connectivity index is 2.15. The number of furan rings is 1. The Bertz CT molecular complexity index is 597. The van der Waals surface area contributed by atoms with E-state index in [0.717, 1.165) is 5.39 Å². The molecule has 0 bridgehead atoms. The highest BCUT2D eigenvalue weighted by Gasteiger charge is 2.21. The fraction of sp³-hybridized carbons (Fsp3) is 0.333. The molecule has 0 saturated heterocycles. The molecule has 0 radical (unpaired) electrons. The molecule has 1 aromatic carbocycles. The monoisotopic (exact) mass is 275 g/mol. The Morgan fingerprint density at radius 3 is 2.60 bits per heavy atom. The molecule has 0 aliphatic carbocycles. The first-order chi connectivity index (χ1) is 9.47. The van der Waals surface area contributed by atoms with Gasteiger partial charge in [-0.25, -0.2) is 0 Å². The van der Waals surface area contributed by atoms with Crippen LogP contribution in [0.4, 0.5) is 0 Å². The lowest BCUT2D eigenvalue weighted by atomic mass is 10.0. The average Bonchev–Trinajstić information content (AvgIpc) is 2.81. The van der Waals surface area contributed by atoms with E-state index in [1.807, 2.05) is 32.0 Å². The summed E-state index contributed by atoms with van der Waals surface area (Å²) >= 11 is 0. The Labute approximate surface area is 116 Å². The maximum atomic E-state index is 12.1. The first-order valence-corrected chi connectivity index (χ1v) is 6.48. The number of fused-ring (bicyclic) bond motifs is 1. The number of rotatable bonds is 5. The van der Waals surface area contributed by atoms with E-state index in [-0.39, 0.29) is 24.0 Å². The van der Waals surface area contributed by atoms with Crippen LogP contribution in [0.5, 0.6) is 0 Å². The van der Waals surface area contributed by atoms with Gasteiger partial charge < -0.3 is 14.8 Å². The van der Waals surface area contributed by atoms with Crippen LogP contribution in [0.2, 0.25) is 0 Å². The van der Waals surface area contributed by atoms with Crippen LogP contribution in [0.15, 0.2) is 34.7 Å². The second-order valence-electron chi connectivity index (χ2n) is 5.07. The van der Waals surface area contributed by atoms with Crippen LogP contribution in [-0.4, -0.2) is 23.0 Å². The molecule has 5 nitrogen and oxygen atoms in total. The molecule has 0 aliphatic rings. The van der Waals surface area contributed by atoms with Crippen molar-refractivity contribution in [3.63, 3.8) is 0 Å². The molecule has 2 rings (SSSR count). The SMILES string of the molecule is CC(C)C(CC(=O)O)NC(=O)c1cc2ccccc2o1. The fourth-order valence-corrected chi connectivity index (χ4v) is 1.97. The number of carbonyl (C=O) groups excluding carboxylic acids is 1. The number of amides is 1. The highest BCUT2D eigenvalue weighted by atomic mass is 16.4.